The summed E-state index contributed by atoms with van der Waals surface area (Å²) in [6.07, 6.45) is 2.12. The Balaban J connectivity index is 1.36. The van der Waals surface area contributed by atoms with Crippen LogP contribution >= 0.6 is 0 Å². The summed E-state index contributed by atoms with van der Waals surface area (Å²) in [5.41, 5.74) is 4.42. The monoisotopic (exact) mass is 407 g/mol. The quantitative estimate of drug-likeness (QED) is 0.800. The van der Waals surface area contributed by atoms with Crippen LogP contribution in [0.4, 0.5) is 11.4 Å². The number of carbonyl (C=O) groups excluding carboxylic acids is 1. The van der Waals surface area contributed by atoms with Crippen LogP contribution in [0, 0.1) is 0 Å². The van der Waals surface area contributed by atoms with Crippen molar-refractivity contribution in [2.45, 2.75) is 38.6 Å². The molecule has 4 rings (SSSR count). The van der Waals surface area contributed by atoms with Gasteiger partial charge in [0.2, 0.25) is 0 Å². The lowest BCUT2D eigenvalue weighted by molar-refractivity contribution is 0.0715. The van der Waals surface area contributed by atoms with Crippen molar-refractivity contribution in [2.24, 2.45) is 0 Å². The van der Waals surface area contributed by atoms with Gasteiger partial charge in [-0.05, 0) is 60.7 Å². The summed E-state index contributed by atoms with van der Waals surface area (Å²) >= 11 is 0. The Morgan fingerprint density at radius 1 is 1.00 bits per heavy atom. The predicted octanol–water partition coefficient (Wildman–Crippen LogP) is 4.36. The maximum atomic E-state index is 13.1. The smallest absolute Gasteiger partial charge is 0.253 e. The zero-order chi connectivity index (χ0) is 20.9. The summed E-state index contributed by atoms with van der Waals surface area (Å²) in [5.74, 6) is 0.668. The zero-order valence-corrected chi connectivity index (χ0v) is 18.1. The molecule has 2 aromatic carbocycles. The van der Waals surface area contributed by atoms with Gasteiger partial charge in [-0.25, -0.2) is 0 Å². The Morgan fingerprint density at radius 3 is 2.37 bits per heavy atom. The highest BCUT2D eigenvalue weighted by atomic mass is 16.5. The van der Waals surface area contributed by atoms with Crippen LogP contribution in [-0.2, 0) is 4.74 Å². The van der Waals surface area contributed by atoms with E-state index in [9.17, 15) is 4.79 Å². The minimum absolute atomic E-state index is 0.130. The van der Waals surface area contributed by atoms with Gasteiger partial charge < -0.3 is 19.9 Å². The fraction of sp³-hybridized carbons (Fsp3) is 0.480. The molecule has 0 spiro atoms. The number of nitrogens with zero attached hydrogens (tertiary/aromatic N) is 2. The van der Waals surface area contributed by atoms with Crippen LogP contribution in [0.25, 0.3) is 0 Å². The summed E-state index contributed by atoms with van der Waals surface area (Å²) in [7, 11) is 0. The van der Waals surface area contributed by atoms with Gasteiger partial charge in [0.1, 0.15) is 0 Å². The molecule has 5 nitrogen and oxygen atoms in total. The zero-order valence-electron chi connectivity index (χ0n) is 18.1. The maximum Gasteiger partial charge on any atom is 0.253 e. The third-order valence-electron chi connectivity index (χ3n) is 6.15. The third-order valence-corrected chi connectivity index (χ3v) is 6.15. The number of hydrogen-bond donors (Lipinski definition) is 1. The second-order valence-corrected chi connectivity index (χ2v) is 8.66. The van der Waals surface area contributed by atoms with Gasteiger partial charge in [-0.15, -0.1) is 0 Å². The van der Waals surface area contributed by atoms with E-state index in [1.54, 1.807) is 0 Å². The highest BCUT2D eigenvalue weighted by molar-refractivity contribution is 5.94. The van der Waals surface area contributed by atoms with Crippen molar-refractivity contribution in [1.29, 1.82) is 0 Å². The molecule has 2 fully saturated rings. The van der Waals surface area contributed by atoms with E-state index >= 15 is 0 Å². The summed E-state index contributed by atoms with van der Waals surface area (Å²) in [5, 5.41) is 3.62. The van der Waals surface area contributed by atoms with Crippen LogP contribution in [0.2, 0.25) is 0 Å². The van der Waals surface area contributed by atoms with Crippen LogP contribution in [0.1, 0.15) is 48.5 Å². The highest BCUT2D eigenvalue weighted by Gasteiger charge is 2.24. The lowest BCUT2D eigenvalue weighted by Crippen LogP contribution is -2.45. The SMILES string of the molecule is CC(C)c1ccc(NC2CCCN(C(=O)c3ccc(N4CCOCC4)cc3)C2)cc1. The van der Waals surface area contributed by atoms with E-state index in [4.69, 9.17) is 4.74 Å². The normalized spacial score (nSPS) is 19.8. The Morgan fingerprint density at radius 2 is 1.70 bits per heavy atom. The number of anilines is 2. The van der Waals surface area contributed by atoms with E-state index in [-0.39, 0.29) is 5.91 Å². The minimum atomic E-state index is 0.130. The van der Waals surface area contributed by atoms with E-state index in [0.29, 0.717) is 12.0 Å². The number of ether oxygens (including phenoxy) is 1. The number of likely N-dealkylation sites (tertiary alicyclic amines) is 1. The average Bonchev–Trinajstić information content (AvgIpc) is 2.80. The first-order chi connectivity index (χ1) is 14.6. The van der Waals surface area contributed by atoms with Crippen molar-refractivity contribution < 1.29 is 9.53 Å². The van der Waals surface area contributed by atoms with Gasteiger partial charge in [-0.1, -0.05) is 26.0 Å². The minimum Gasteiger partial charge on any atom is -0.381 e. The van der Waals surface area contributed by atoms with Gasteiger partial charge in [0.15, 0.2) is 0 Å². The lowest BCUT2D eigenvalue weighted by atomic mass is 10.0. The predicted molar refractivity (Wildman–Crippen MR) is 123 cm³/mol. The molecule has 0 aliphatic carbocycles. The Kier molecular flexibility index (Phi) is 6.58. The number of hydrogen-bond acceptors (Lipinski definition) is 4. The molecule has 5 heteroatoms. The molecule has 2 aliphatic heterocycles. The van der Waals surface area contributed by atoms with Crippen molar-refractivity contribution in [3.63, 3.8) is 0 Å². The first-order valence-electron chi connectivity index (χ1n) is 11.2. The van der Waals surface area contributed by atoms with Crippen molar-refractivity contribution in [2.75, 3.05) is 49.6 Å². The van der Waals surface area contributed by atoms with Gasteiger partial charge in [0.05, 0.1) is 13.2 Å². The average molecular weight is 408 g/mol. The molecule has 2 heterocycles. The van der Waals surface area contributed by atoms with Gasteiger partial charge in [-0.3, -0.25) is 4.79 Å². The molecule has 0 saturated carbocycles. The van der Waals surface area contributed by atoms with Crippen LogP contribution < -0.4 is 10.2 Å². The second-order valence-electron chi connectivity index (χ2n) is 8.66. The molecule has 160 valence electrons. The first kappa shape index (κ1) is 20.7. The second kappa shape index (κ2) is 9.52. The Bertz CT molecular complexity index is 826. The van der Waals surface area contributed by atoms with Crippen molar-refractivity contribution >= 4 is 17.3 Å². The summed E-state index contributed by atoms with van der Waals surface area (Å²) in [6.45, 7) is 9.34. The number of nitrogens with one attached hydrogen (secondary N) is 1. The van der Waals surface area contributed by atoms with Gasteiger partial charge in [0, 0.05) is 49.2 Å². The van der Waals surface area contributed by atoms with E-state index < -0.39 is 0 Å². The summed E-state index contributed by atoms with van der Waals surface area (Å²) in [4.78, 5) is 17.4. The molecule has 30 heavy (non-hydrogen) atoms. The molecule has 2 aliphatic rings. The van der Waals surface area contributed by atoms with Gasteiger partial charge >= 0.3 is 0 Å². The number of amides is 1. The van der Waals surface area contributed by atoms with Crippen molar-refractivity contribution in [1.82, 2.24) is 4.90 Å². The van der Waals surface area contributed by atoms with Crippen LogP contribution in [0.5, 0.6) is 0 Å². The number of morpholine rings is 1. The molecule has 1 amide bonds. The molecule has 2 saturated heterocycles. The molecule has 2 aromatic rings. The lowest BCUT2D eigenvalue weighted by Gasteiger charge is -2.34. The fourth-order valence-electron chi connectivity index (χ4n) is 4.30. The molecular formula is C25H33N3O2. The largest absolute Gasteiger partial charge is 0.381 e. The van der Waals surface area contributed by atoms with Crippen LogP contribution in [-0.4, -0.2) is 56.2 Å². The third kappa shape index (κ3) is 4.96. The molecule has 0 bridgehead atoms. The van der Waals surface area contributed by atoms with E-state index in [0.717, 1.165) is 69.2 Å². The Hall–Kier alpha value is -2.53. The van der Waals surface area contributed by atoms with Crippen molar-refractivity contribution in [3.05, 3.63) is 59.7 Å². The summed E-state index contributed by atoms with van der Waals surface area (Å²) in [6, 6.07) is 17.0. The topological polar surface area (TPSA) is 44.8 Å². The Labute approximate surface area is 180 Å². The molecule has 1 unspecified atom stereocenters. The molecule has 0 aromatic heterocycles. The van der Waals surface area contributed by atoms with Gasteiger partial charge in [0.25, 0.3) is 5.91 Å². The van der Waals surface area contributed by atoms with Crippen molar-refractivity contribution in [3.8, 4) is 0 Å². The van der Waals surface area contributed by atoms with E-state index in [1.807, 2.05) is 17.0 Å². The maximum absolute atomic E-state index is 13.1. The first-order valence-corrected chi connectivity index (χ1v) is 11.2. The number of rotatable bonds is 5. The number of carbonyl (C=O) groups is 1. The van der Waals surface area contributed by atoms with E-state index in [1.165, 1.54) is 5.56 Å². The summed E-state index contributed by atoms with van der Waals surface area (Å²) < 4.78 is 5.42. The molecular weight excluding hydrogens is 374 g/mol. The molecule has 1 atom stereocenters. The molecule has 0 radical (unpaired) electrons. The highest BCUT2D eigenvalue weighted by Crippen LogP contribution is 2.22. The van der Waals surface area contributed by atoms with Crippen LogP contribution in [0.3, 0.4) is 0 Å². The number of benzene rings is 2. The fourth-order valence-corrected chi connectivity index (χ4v) is 4.30. The van der Waals surface area contributed by atoms with Crippen LogP contribution in [0.15, 0.2) is 48.5 Å². The molecule has 1 N–H and O–H groups in total. The standard InChI is InChI=1S/C25H33N3O2/c1-19(2)20-5-9-22(10-6-20)26-23-4-3-13-28(18-23)25(29)21-7-11-24(12-8-21)27-14-16-30-17-15-27/h5-12,19,23,26H,3-4,13-18H2,1-2H3. The van der Waals surface area contributed by atoms with Gasteiger partial charge in [-0.2, -0.15) is 0 Å². The number of piperidine rings is 1. The van der Waals surface area contributed by atoms with E-state index in [2.05, 4.69) is 60.5 Å².